The average Bonchev–Trinajstić information content (AvgIpc) is 2.52. The number of hydrogen-bond donors (Lipinski definition) is 2. The van der Waals surface area contributed by atoms with Crippen LogP contribution in [-0.4, -0.2) is 30.0 Å². The number of nitrogens with zero attached hydrogens (tertiary/aromatic N) is 2. The molecule has 1 amide bonds. The van der Waals surface area contributed by atoms with Crippen LogP contribution in [0.4, 0.5) is 19.1 Å². The van der Waals surface area contributed by atoms with E-state index in [1.807, 2.05) is 0 Å². The maximum absolute atomic E-state index is 12.9. The lowest BCUT2D eigenvalue weighted by molar-refractivity contribution is -0.137. The van der Waals surface area contributed by atoms with Crippen LogP contribution in [0.1, 0.15) is 41.0 Å². The van der Waals surface area contributed by atoms with Gasteiger partial charge in [-0.25, -0.2) is 4.98 Å². The van der Waals surface area contributed by atoms with Gasteiger partial charge in [-0.3, -0.25) is 14.6 Å². The van der Waals surface area contributed by atoms with Crippen molar-refractivity contribution in [2.75, 3.05) is 19.0 Å². The normalized spacial score (nSPS) is 12.0. The van der Waals surface area contributed by atoms with Crippen molar-refractivity contribution in [2.45, 2.75) is 32.5 Å². The Morgan fingerprint density at radius 1 is 1.19 bits per heavy atom. The summed E-state index contributed by atoms with van der Waals surface area (Å²) >= 11 is 0. The molecule has 27 heavy (non-hydrogen) atoms. The maximum atomic E-state index is 12.9. The highest BCUT2D eigenvalue weighted by Gasteiger charge is 2.32. The molecule has 1 aromatic heterocycles. The Hall–Kier alpha value is -2.84. The first kappa shape index (κ1) is 20.5. The second-order valence-electron chi connectivity index (χ2n) is 6.96. The van der Waals surface area contributed by atoms with E-state index >= 15 is 0 Å². The monoisotopic (exact) mass is 382 g/mol. The number of carbonyl (C=O) groups is 1. The van der Waals surface area contributed by atoms with Crippen LogP contribution in [0.2, 0.25) is 0 Å². The van der Waals surface area contributed by atoms with Crippen molar-refractivity contribution in [3.05, 3.63) is 57.0 Å². The van der Waals surface area contributed by atoms with Crippen LogP contribution in [0.5, 0.6) is 0 Å². The second kappa shape index (κ2) is 7.05. The number of amides is 1. The number of anilines is 1. The number of hydrogen-bond acceptors (Lipinski definition) is 4. The van der Waals surface area contributed by atoms with Crippen molar-refractivity contribution in [3.63, 3.8) is 0 Å². The first-order valence-corrected chi connectivity index (χ1v) is 8.11. The quantitative estimate of drug-likeness (QED) is 0.853. The third kappa shape index (κ3) is 4.66. The van der Waals surface area contributed by atoms with Crippen LogP contribution in [0.15, 0.2) is 29.1 Å². The SMILES string of the molecule is Cc1cc(C(F)(F)F)ccc1C(C)(C)NC(=O)c1cc(=O)[nH]c(N(C)C)n1. The zero-order valence-electron chi connectivity index (χ0n) is 15.7. The molecule has 0 saturated heterocycles. The zero-order chi connectivity index (χ0) is 20.6. The van der Waals surface area contributed by atoms with Crippen LogP contribution in [0, 0.1) is 6.92 Å². The lowest BCUT2D eigenvalue weighted by atomic mass is 9.89. The van der Waals surface area contributed by atoms with Crippen molar-refractivity contribution in [1.82, 2.24) is 15.3 Å². The predicted molar refractivity (Wildman–Crippen MR) is 95.9 cm³/mol. The van der Waals surface area contributed by atoms with E-state index in [0.29, 0.717) is 11.1 Å². The molecule has 0 fully saturated rings. The molecule has 1 heterocycles. The van der Waals surface area contributed by atoms with E-state index in [-0.39, 0.29) is 11.6 Å². The summed E-state index contributed by atoms with van der Waals surface area (Å²) in [6.45, 7) is 4.88. The van der Waals surface area contributed by atoms with Gasteiger partial charge in [0.05, 0.1) is 11.1 Å². The van der Waals surface area contributed by atoms with Gasteiger partial charge in [0.15, 0.2) is 0 Å². The summed E-state index contributed by atoms with van der Waals surface area (Å²) in [7, 11) is 3.32. The van der Waals surface area contributed by atoms with E-state index in [0.717, 1.165) is 18.2 Å². The first-order valence-electron chi connectivity index (χ1n) is 8.11. The van der Waals surface area contributed by atoms with E-state index in [2.05, 4.69) is 15.3 Å². The molecule has 0 radical (unpaired) electrons. The highest BCUT2D eigenvalue weighted by Crippen LogP contribution is 2.33. The van der Waals surface area contributed by atoms with Crippen molar-refractivity contribution in [2.24, 2.45) is 0 Å². The summed E-state index contributed by atoms with van der Waals surface area (Å²) in [5, 5.41) is 2.73. The molecule has 6 nitrogen and oxygen atoms in total. The Bertz CT molecular complexity index is 918. The van der Waals surface area contributed by atoms with E-state index in [9.17, 15) is 22.8 Å². The maximum Gasteiger partial charge on any atom is 0.416 e. The molecule has 0 aliphatic carbocycles. The van der Waals surface area contributed by atoms with E-state index in [4.69, 9.17) is 0 Å². The highest BCUT2D eigenvalue weighted by molar-refractivity contribution is 5.93. The van der Waals surface area contributed by atoms with Crippen LogP contribution in [0.25, 0.3) is 0 Å². The molecule has 0 aliphatic heterocycles. The van der Waals surface area contributed by atoms with Crippen molar-refractivity contribution in [3.8, 4) is 0 Å². The molecule has 0 unspecified atom stereocenters. The van der Waals surface area contributed by atoms with Gasteiger partial charge >= 0.3 is 6.18 Å². The summed E-state index contributed by atoms with van der Waals surface area (Å²) in [6, 6.07) is 4.43. The van der Waals surface area contributed by atoms with Crippen molar-refractivity contribution < 1.29 is 18.0 Å². The van der Waals surface area contributed by atoms with Crippen molar-refractivity contribution in [1.29, 1.82) is 0 Å². The molecule has 9 heteroatoms. The van der Waals surface area contributed by atoms with Crippen LogP contribution in [0.3, 0.4) is 0 Å². The fraction of sp³-hybridized carbons (Fsp3) is 0.389. The van der Waals surface area contributed by atoms with Crippen molar-refractivity contribution >= 4 is 11.9 Å². The number of aryl methyl sites for hydroxylation is 1. The number of rotatable bonds is 4. The molecule has 0 aliphatic rings. The molecule has 146 valence electrons. The molecule has 0 saturated carbocycles. The van der Waals surface area contributed by atoms with Crippen LogP contribution >= 0.6 is 0 Å². The third-order valence-corrected chi connectivity index (χ3v) is 4.04. The van der Waals surface area contributed by atoms with Gasteiger partial charge in [0.1, 0.15) is 5.69 Å². The highest BCUT2D eigenvalue weighted by atomic mass is 19.4. The summed E-state index contributed by atoms with van der Waals surface area (Å²) in [5.41, 5.74) is -1.38. The zero-order valence-corrected chi connectivity index (χ0v) is 15.7. The predicted octanol–water partition coefficient (Wildman–Crippen LogP) is 2.83. The summed E-state index contributed by atoms with van der Waals surface area (Å²) < 4.78 is 38.6. The smallest absolute Gasteiger partial charge is 0.348 e. The minimum Gasteiger partial charge on any atom is -0.348 e. The molecule has 0 bridgehead atoms. The number of H-pyrrole nitrogens is 1. The van der Waals surface area contributed by atoms with E-state index < -0.39 is 28.7 Å². The van der Waals surface area contributed by atoms with Crippen LogP contribution < -0.4 is 15.8 Å². The molecule has 0 atom stereocenters. The molecule has 2 N–H and O–H groups in total. The number of carbonyl (C=O) groups excluding carboxylic acids is 1. The average molecular weight is 382 g/mol. The van der Waals surface area contributed by atoms with Gasteiger partial charge in [-0.05, 0) is 44.0 Å². The van der Waals surface area contributed by atoms with Gasteiger partial charge in [0.25, 0.3) is 11.5 Å². The Morgan fingerprint density at radius 3 is 2.33 bits per heavy atom. The number of aromatic nitrogens is 2. The molecule has 0 spiro atoms. The fourth-order valence-electron chi connectivity index (χ4n) is 2.73. The number of benzene rings is 1. The lowest BCUT2D eigenvalue weighted by Crippen LogP contribution is -2.42. The first-order chi connectivity index (χ1) is 12.3. The molecule has 2 rings (SSSR count). The van der Waals surface area contributed by atoms with Crippen LogP contribution in [-0.2, 0) is 11.7 Å². The Labute approximate surface area is 154 Å². The topological polar surface area (TPSA) is 78.1 Å². The Balaban J connectivity index is 2.33. The van der Waals surface area contributed by atoms with Gasteiger partial charge < -0.3 is 10.2 Å². The van der Waals surface area contributed by atoms with Gasteiger partial charge in [0.2, 0.25) is 5.95 Å². The van der Waals surface area contributed by atoms with E-state index in [1.54, 1.807) is 39.8 Å². The van der Waals surface area contributed by atoms with Gasteiger partial charge in [-0.1, -0.05) is 6.07 Å². The number of halogens is 3. The lowest BCUT2D eigenvalue weighted by Gasteiger charge is -2.29. The second-order valence-corrected chi connectivity index (χ2v) is 6.96. The Kier molecular flexibility index (Phi) is 5.35. The number of alkyl halides is 3. The fourth-order valence-corrected chi connectivity index (χ4v) is 2.73. The van der Waals surface area contributed by atoms with Gasteiger partial charge in [-0.15, -0.1) is 0 Å². The molecule has 1 aromatic carbocycles. The summed E-state index contributed by atoms with van der Waals surface area (Å²) in [5.74, 6) is -0.385. The third-order valence-electron chi connectivity index (χ3n) is 4.04. The number of aromatic amines is 1. The molecule has 2 aromatic rings. The Morgan fingerprint density at radius 2 is 1.81 bits per heavy atom. The summed E-state index contributed by atoms with van der Waals surface area (Å²) in [4.78, 5) is 32.4. The van der Waals surface area contributed by atoms with E-state index in [1.165, 1.54) is 6.07 Å². The summed E-state index contributed by atoms with van der Waals surface area (Å²) in [6.07, 6.45) is -4.44. The minimum absolute atomic E-state index is 0.0833. The van der Waals surface area contributed by atoms with Gasteiger partial charge in [-0.2, -0.15) is 13.2 Å². The largest absolute Gasteiger partial charge is 0.416 e. The molecular formula is C18H21F3N4O2. The minimum atomic E-state index is -4.44. The van der Waals surface area contributed by atoms with Gasteiger partial charge in [0, 0.05) is 20.2 Å². The molecular weight excluding hydrogens is 361 g/mol. The number of nitrogens with one attached hydrogen (secondary N) is 2. The standard InChI is InChI=1S/C18H21F3N4O2/c1-10-8-11(18(19,20)21)6-7-12(10)17(2,3)24-15(27)13-9-14(26)23-16(22-13)25(4)5/h6-9H,1-5H3,(H,24,27)(H,22,23,26).